The molecule has 1 aromatic carbocycles. The average Bonchev–Trinajstić information content (AvgIpc) is 3.25. The van der Waals surface area contributed by atoms with Gasteiger partial charge >= 0.3 is 0 Å². The maximum Gasteiger partial charge on any atom is 0.263 e. The molecule has 0 aliphatic carbocycles. The van der Waals surface area contributed by atoms with Crippen molar-refractivity contribution in [1.29, 1.82) is 0 Å². The van der Waals surface area contributed by atoms with E-state index in [0.717, 1.165) is 10.4 Å². The average molecular weight is 384 g/mol. The Kier molecular flexibility index (Phi) is 4.26. The Labute approximate surface area is 156 Å². The summed E-state index contributed by atoms with van der Waals surface area (Å²) in [6, 6.07) is 9.63. The molecule has 0 aliphatic rings. The number of carbonyl (C=O) groups excluding carboxylic acids is 1. The third-order valence-electron chi connectivity index (χ3n) is 4.05. The highest BCUT2D eigenvalue weighted by atomic mass is 32.1. The Bertz CT molecular complexity index is 1170. The van der Waals surface area contributed by atoms with Gasteiger partial charge in [-0.25, -0.2) is 9.37 Å². The van der Waals surface area contributed by atoms with Gasteiger partial charge in [-0.15, -0.1) is 22.7 Å². The molecule has 130 valence electrons. The number of nitrogens with zero attached hydrogens (tertiary/aromatic N) is 2. The maximum absolute atomic E-state index is 13.2. The number of benzene rings is 1. The largest absolute Gasteiger partial charge is 0.291 e. The highest BCUT2D eigenvalue weighted by molar-refractivity contribution is 7.17. The van der Waals surface area contributed by atoms with E-state index < -0.39 is 0 Å². The molecule has 0 bridgehead atoms. The first-order valence-corrected chi connectivity index (χ1v) is 9.55. The zero-order valence-electron chi connectivity index (χ0n) is 13.7. The van der Waals surface area contributed by atoms with Crippen LogP contribution < -0.4 is 5.56 Å². The lowest BCUT2D eigenvalue weighted by Crippen LogP contribution is -2.24. The summed E-state index contributed by atoms with van der Waals surface area (Å²) < 4.78 is 14.5. The van der Waals surface area contributed by atoms with Gasteiger partial charge in [0.05, 0.1) is 23.1 Å². The fourth-order valence-corrected chi connectivity index (χ4v) is 4.44. The lowest BCUT2D eigenvalue weighted by molar-refractivity contribution is 0.0974. The van der Waals surface area contributed by atoms with E-state index in [1.807, 2.05) is 18.4 Å². The van der Waals surface area contributed by atoms with E-state index in [0.29, 0.717) is 20.7 Å². The minimum Gasteiger partial charge on any atom is -0.291 e. The molecule has 7 heteroatoms. The molecule has 4 rings (SSSR count). The maximum atomic E-state index is 13.2. The molecule has 3 aromatic heterocycles. The van der Waals surface area contributed by atoms with E-state index in [-0.39, 0.29) is 23.7 Å². The second-order valence-electron chi connectivity index (χ2n) is 5.85. The van der Waals surface area contributed by atoms with Crippen LogP contribution in [0.2, 0.25) is 0 Å². The van der Waals surface area contributed by atoms with E-state index in [4.69, 9.17) is 0 Å². The number of fused-ring (bicyclic) bond motifs is 1. The number of halogens is 1. The van der Waals surface area contributed by atoms with Crippen LogP contribution in [0, 0.1) is 12.7 Å². The number of ketones is 1. The van der Waals surface area contributed by atoms with Gasteiger partial charge in [0, 0.05) is 15.8 Å². The Morgan fingerprint density at radius 1 is 1.19 bits per heavy atom. The van der Waals surface area contributed by atoms with Gasteiger partial charge in [0.25, 0.3) is 5.56 Å². The number of Topliss-reactive ketones (excluding diaryl/α,β-unsaturated/α-hetero) is 1. The minimum absolute atomic E-state index is 0.0551. The lowest BCUT2D eigenvalue weighted by Gasteiger charge is -2.05. The van der Waals surface area contributed by atoms with Crippen LogP contribution in [-0.4, -0.2) is 15.3 Å². The van der Waals surface area contributed by atoms with Crippen molar-refractivity contribution in [2.75, 3.05) is 0 Å². The van der Waals surface area contributed by atoms with E-state index >= 15 is 0 Å². The lowest BCUT2D eigenvalue weighted by atomic mass is 10.1. The monoisotopic (exact) mass is 384 g/mol. The summed E-state index contributed by atoms with van der Waals surface area (Å²) in [6.45, 7) is 1.88. The van der Waals surface area contributed by atoms with Crippen LogP contribution in [0.1, 0.15) is 14.5 Å². The number of hydrogen-bond acceptors (Lipinski definition) is 5. The molecule has 0 fully saturated rings. The van der Waals surface area contributed by atoms with E-state index in [1.165, 1.54) is 45.7 Å². The fraction of sp³-hybridized carbons (Fsp3) is 0.105. The van der Waals surface area contributed by atoms with Gasteiger partial charge in [-0.3, -0.25) is 14.2 Å². The molecule has 0 N–H and O–H groups in total. The Hall–Kier alpha value is -2.64. The molecule has 0 atom stereocenters. The van der Waals surface area contributed by atoms with Gasteiger partial charge in [-0.2, -0.15) is 0 Å². The van der Waals surface area contributed by atoms with Gasteiger partial charge in [-0.05, 0) is 36.8 Å². The summed E-state index contributed by atoms with van der Waals surface area (Å²) in [5, 5.41) is 2.29. The van der Waals surface area contributed by atoms with Crippen LogP contribution in [-0.2, 0) is 6.54 Å². The summed E-state index contributed by atoms with van der Waals surface area (Å²) in [5.74, 6) is -0.453. The zero-order valence-corrected chi connectivity index (χ0v) is 15.4. The molecule has 0 unspecified atom stereocenters. The third-order valence-corrected chi connectivity index (χ3v) is 5.97. The number of aromatic nitrogens is 2. The summed E-state index contributed by atoms with van der Waals surface area (Å²) in [7, 11) is 0. The van der Waals surface area contributed by atoms with Crippen molar-refractivity contribution in [3.8, 4) is 11.1 Å². The summed E-state index contributed by atoms with van der Waals surface area (Å²) in [6.07, 6.45) is 1.41. The molecule has 4 aromatic rings. The number of rotatable bonds is 4. The molecule has 0 aliphatic heterocycles. The molecular formula is C19H13FN2O2S2. The van der Waals surface area contributed by atoms with Crippen molar-refractivity contribution in [2.45, 2.75) is 13.5 Å². The quantitative estimate of drug-likeness (QED) is 0.486. The number of hydrogen-bond donors (Lipinski definition) is 0. The molecule has 26 heavy (non-hydrogen) atoms. The van der Waals surface area contributed by atoms with Gasteiger partial charge in [0.2, 0.25) is 0 Å². The Morgan fingerprint density at radius 3 is 2.65 bits per heavy atom. The molecule has 0 saturated carbocycles. The number of carbonyl (C=O) groups is 1. The standard InChI is InChI=1S/C19H13FN2O2S2/c1-11-2-7-16(26-11)15(23)8-22-10-21-18-17(19(22)24)14(9-25-18)12-3-5-13(20)6-4-12/h2-7,9-10H,8H2,1H3. The first kappa shape index (κ1) is 16.8. The molecule has 0 spiro atoms. The smallest absolute Gasteiger partial charge is 0.263 e. The van der Waals surface area contributed by atoms with Crippen molar-refractivity contribution in [2.24, 2.45) is 0 Å². The fourth-order valence-electron chi connectivity index (χ4n) is 2.74. The van der Waals surface area contributed by atoms with Gasteiger partial charge < -0.3 is 0 Å². The van der Waals surface area contributed by atoms with Crippen LogP contribution in [0.4, 0.5) is 4.39 Å². The van der Waals surface area contributed by atoms with Crippen LogP contribution in [0.15, 0.2) is 52.9 Å². The summed E-state index contributed by atoms with van der Waals surface area (Å²) >= 11 is 2.76. The van der Waals surface area contributed by atoms with Crippen LogP contribution in [0.5, 0.6) is 0 Å². The van der Waals surface area contributed by atoms with Gasteiger partial charge in [0.15, 0.2) is 5.78 Å². The summed E-state index contributed by atoms with van der Waals surface area (Å²) in [4.78, 5) is 31.9. The second-order valence-corrected chi connectivity index (χ2v) is 7.99. The molecule has 3 heterocycles. The minimum atomic E-state index is -0.333. The first-order chi connectivity index (χ1) is 12.5. The molecule has 0 saturated heterocycles. The molecule has 0 radical (unpaired) electrons. The van der Waals surface area contributed by atoms with Crippen LogP contribution >= 0.6 is 22.7 Å². The number of aryl methyl sites for hydroxylation is 1. The van der Waals surface area contributed by atoms with Crippen molar-refractivity contribution in [3.63, 3.8) is 0 Å². The zero-order chi connectivity index (χ0) is 18.3. The third kappa shape index (κ3) is 3.00. The first-order valence-electron chi connectivity index (χ1n) is 7.85. The normalized spacial score (nSPS) is 11.2. The topological polar surface area (TPSA) is 52.0 Å². The van der Waals surface area contributed by atoms with Crippen molar-refractivity contribution < 1.29 is 9.18 Å². The SMILES string of the molecule is Cc1ccc(C(=O)Cn2cnc3scc(-c4ccc(F)cc4)c3c2=O)s1. The van der Waals surface area contributed by atoms with E-state index in [1.54, 1.807) is 18.2 Å². The van der Waals surface area contributed by atoms with Crippen LogP contribution in [0.25, 0.3) is 21.3 Å². The van der Waals surface area contributed by atoms with Crippen molar-refractivity contribution in [1.82, 2.24) is 9.55 Å². The molecule has 0 amide bonds. The number of thiophene rings is 2. The summed E-state index contributed by atoms with van der Waals surface area (Å²) in [5.41, 5.74) is 1.18. The Morgan fingerprint density at radius 2 is 1.96 bits per heavy atom. The second kappa shape index (κ2) is 6.59. The van der Waals surface area contributed by atoms with E-state index in [2.05, 4.69) is 4.98 Å². The Balaban J connectivity index is 1.77. The van der Waals surface area contributed by atoms with Gasteiger partial charge in [-0.1, -0.05) is 12.1 Å². The van der Waals surface area contributed by atoms with Gasteiger partial charge in [0.1, 0.15) is 10.6 Å². The van der Waals surface area contributed by atoms with Crippen molar-refractivity contribution >= 4 is 38.7 Å². The molecular weight excluding hydrogens is 371 g/mol. The van der Waals surface area contributed by atoms with Crippen LogP contribution in [0.3, 0.4) is 0 Å². The van der Waals surface area contributed by atoms with Crippen molar-refractivity contribution in [3.05, 3.63) is 74.0 Å². The predicted octanol–water partition coefficient (Wildman–Crippen LogP) is 4.52. The highest BCUT2D eigenvalue weighted by Crippen LogP contribution is 2.30. The predicted molar refractivity (Wildman–Crippen MR) is 103 cm³/mol. The highest BCUT2D eigenvalue weighted by Gasteiger charge is 2.16. The molecule has 4 nitrogen and oxygen atoms in total. The van der Waals surface area contributed by atoms with E-state index in [9.17, 15) is 14.0 Å².